The van der Waals surface area contributed by atoms with Crippen LogP contribution in [0.25, 0.3) is 0 Å². The van der Waals surface area contributed by atoms with Crippen LogP contribution in [0.1, 0.15) is 10.4 Å². The Kier molecular flexibility index (Phi) is 4.93. The van der Waals surface area contributed by atoms with E-state index in [2.05, 4.69) is 26.2 Å². The predicted octanol–water partition coefficient (Wildman–Crippen LogP) is -0.212. The Morgan fingerprint density at radius 2 is 2.08 bits per heavy atom. The molecule has 10 nitrogen and oxygen atoms in total. The van der Waals surface area contributed by atoms with Gasteiger partial charge in [-0.1, -0.05) is 11.8 Å². The molecule has 1 saturated heterocycles. The summed E-state index contributed by atoms with van der Waals surface area (Å²) in [4.78, 5) is 36.2. The lowest BCUT2D eigenvalue weighted by atomic mass is 10.2. The van der Waals surface area contributed by atoms with Crippen molar-refractivity contribution in [2.24, 2.45) is 7.05 Å². The maximum atomic E-state index is 12.1. The monoisotopic (exact) mass is 361 g/mol. The number of benzene rings is 1. The molecule has 0 atom stereocenters. The van der Waals surface area contributed by atoms with Crippen LogP contribution in [-0.2, 0) is 11.8 Å². The van der Waals surface area contributed by atoms with Crippen molar-refractivity contribution >= 4 is 35.3 Å². The normalized spacial score (nSPS) is 13.9. The molecule has 1 aromatic heterocycles. The van der Waals surface area contributed by atoms with Crippen LogP contribution in [0.3, 0.4) is 0 Å². The predicted molar refractivity (Wildman–Crippen MR) is 89.2 cm³/mol. The van der Waals surface area contributed by atoms with Gasteiger partial charge >= 0.3 is 6.03 Å². The van der Waals surface area contributed by atoms with Gasteiger partial charge in [0.05, 0.1) is 0 Å². The molecular weight excluding hydrogens is 346 g/mol. The number of hydrogen-bond donors (Lipinski definition) is 2. The van der Waals surface area contributed by atoms with Crippen molar-refractivity contribution < 1.29 is 14.4 Å². The van der Waals surface area contributed by atoms with Gasteiger partial charge in [-0.05, 0) is 34.7 Å². The lowest BCUT2D eigenvalue weighted by Gasteiger charge is -2.13. The lowest BCUT2D eigenvalue weighted by molar-refractivity contribution is -0.117. The van der Waals surface area contributed by atoms with Crippen LogP contribution in [0, 0.1) is 0 Å². The Labute approximate surface area is 146 Å². The molecule has 3 rings (SSSR count). The number of aryl methyl sites for hydroxylation is 1. The number of tetrazole rings is 1. The molecule has 1 aromatic carbocycles. The summed E-state index contributed by atoms with van der Waals surface area (Å²) in [5.41, 5.74) is 1.03. The number of carbonyl (C=O) groups excluding carboxylic acids is 3. The molecule has 0 unspecified atom stereocenters. The minimum absolute atomic E-state index is 0.0154. The number of urea groups is 1. The Hall–Kier alpha value is -2.95. The highest BCUT2D eigenvalue weighted by Gasteiger charge is 2.27. The fraction of sp³-hybridized carbons (Fsp3) is 0.286. The molecule has 2 aromatic rings. The van der Waals surface area contributed by atoms with Crippen molar-refractivity contribution in [2.75, 3.05) is 23.7 Å². The number of hydrogen-bond acceptors (Lipinski definition) is 7. The van der Waals surface area contributed by atoms with E-state index in [-0.39, 0.29) is 18.4 Å². The average molecular weight is 361 g/mol. The smallest absolute Gasteiger partial charge is 0.329 e. The summed E-state index contributed by atoms with van der Waals surface area (Å²) in [6.07, 6.45) is 0. The number of anilines is 1. The van der Waals surface area contributed by atoms with Crippen molar-refractivity contribution in [1.82, 2.24) is 30.8 Å². The van der Waals surface area contributed by atoms with Crippen LogP contribution in [0.2, 0.25) is 0 Å². The van der Waals surface area contributed by atoms with Crippen LogP contribution < -0.4 is 15.5 Å². The molecule has 0 aliphatic carbocycles. The Morgan fingerprint density at radius 3 is 2.68 bits per heavy atom. The summed E-state index contributed by atoms with van der Waals surface area (Å²) in [7, 11) is 1.75. The van der Waals surface area contributed by atoms with E-state index in [4.69, 9.17) is 0 Å². The molecule has 11 heteroatoms. The van der Waals surface area contributed by atoms with E-state index in [0.717, 1.165) is 0 Å². The molecule has 2 heterocycles. The zero-order valence-corrected chi connectivity index (χ0v) is 14.1. The molecule has 130 valence electrons. The zero-order valence-electron chi connectivity index (χ0n) is 13.3. The van der Waals surface area contributed by atoms with Crippen LogP contribution >= 0.6 is 11.8 Å². The molecule has 0 saturated carbocycles. The van der Waals surface area contributed by atoms with E-state index < -0.39 is 6.03 Å². The number of carbonyl (C=O) groups is 3. The number of rotatable bonds is 6. The third-order valence-corrected chi connectivity index (χ3v) is 4.45. The fourth-order valence-electron chi connectivity index (χ4n) is 2.20. The fourth-order valence-corrected chi connectivity index (χ4v) is 2.90. The SMILES string of the molecule is Cn1nnnc1SCCNC(=O)c1ccc(N2CC(=O)NC2=O)cc1. The second kappa shape index (κ2) is 7.30. The number of nitrogens with zero attached hydrogens (tertiary/aromatic N) is 5. The zero-order chi connectivity index (χ0) is 17.8. The van der Waals surface area contributed by atoms with Crippen molar-refractivity contribution in [3.05, 3.63) is 29.8 Å². The van der Waals surface area contributed by atoms with Crippen molar-refractivity contribution in [1.29, 1.82) is 0 Å². The summed E-state index contributed by atoms with van der Waals surface area (Å²) in [6.45, 7) is 0.444. The molecule has 2 N–H and O–H groups in total. The minimum atomic E-state index is -0.461. The largest absolute Gasteiger partial charge is 0.351 e. The highest BCUT2D eigenvalue weighted by Crippen LogP contribution is 2.17. The number of thioether (sulfide) groups is 1. The maximum Gasteiger partial charge on any atom is 0.329 e. The Balaban J connectivity index is 1.50. The summed E-state index contributed by atoms with van der Waals surface area (Å²) >= 11 is 1.44. The first-order valence-electron chi connectivity index (χ1n) is 7.39. The minimum Gasteiger partial charge on any atom is -0.351 e. The molecular formula is C14H15N7O3S. The van der Waals surface area contributed by atoms with Crippen molar-refractivity contribution in [2.45, 2.75) is 5.16 Å². The molecule has 25 heavy (non-hydrogen) atoms. The van der Waals surface area contributed by atoms with Gasteiger partial charge in [0.2, 0.25) is 11.1 Å². The van der Waals surface area contributed by atoms with Gasteiger partial charge in [0.15, 0.2) is 0 Å². The van der Waals surface area contributed by atoms with Crippen LogP contribution in [0.5, 0.6) is 0 Å². The first-order valence-corrected chi connectivity index (χ1v) is 8.38. The van der Waals surface area contributed by atoms with E-state index >= 15 is 0 Å². The van der Waals surface area contributed by atoms with E-state index in [1.165, 1.54) is 16.7 Å². The van der Waals surface area contributed by atoms with Gasteiger partial charge < -0.3 is 5.32 Å². The van der Waals surface area contributed by atoms with Crippen LogP contribution in [0.4, 0.5) is 10.5 Å². The molecule has 1 aliphatic heterocycles. The molecule has 0 bridgehead atoms. The second-order valence-electron chi connectivity index (χ2n) is 5.18. The quantitative estimate of drug-likeness (QED) is 0.415. The third-order valence-electron chi connectivity index (χ3n) is 3.43. The molecule has 1 fully saturated rings. The first kappa shape index (κ1) is 16.9. The topological polar surface area (TPSA) is 122 Å². The molecule has 0 radical (unpaired) electrons. The van der Waals surface area contributed by atoms with Gasteiger partial charge in [0, 0.05) is 30.6 Å². The molecule has 1 aliphatic rings. The summed E-state index contributed by atoms with van der Waals surface area (Å²) < 4.78 is 1.56. The summed E-state index contributed by atoms with van der Waals surface area (Å²) in [6, 6.07) is 6.03. The van der Waals surface area contributed by atoms with Gasteiger partial charge in [0.1, 0.15) is 6.54 Å². The number of amides is 4. The van der Waals surface area contributed by atoms with E-state index in [9.17, 15) is 14.4 Å². The van der Waals surface area contributed by atoms with E-state index in [0.29, 0.717) is 28.7 Å². The standard InChI is InChI=1S/C14H15N7O3S/c1-20-14(17-18-19-20)25-7-6-15-12(23)9-2-4-10(5-3-9)21-8-11(22)16-13(21)24/h2-5H,6-8H2,1H3,(H,15,23)(H,16,22,24). The Morgan fingerprint density at radius 1 is 1.32 bits per heavy atom. The third kappa shape index (κ3) is 3.94. The van der Waals surface area contributed by atoms with Crippen molar-refractivity contribution in [3.63, 3.8) is 0 Å². The highest BCUT2D eigenvalue weighted by atomic mass is 32.2. The van der Waals surface area contributed by atoms with Gasteiger partial charge in [0.25, 0.3) is 5.91 Å². The van der Waals surface area contributed by atoms with Gasteiger partial charge in [-0.2, -0.15) is 0 Å². The lowest BCUT2D eigenvalue weighted by Crippen LogP contribution is -2.28. The highest BCUT2D eigenvalue weighted by molar-refractivity contribution is 7.99. The van der Waals surface area contributed by atoms with Gasteiger partial charge in [-0.25, -0.2) is 9.48 Å². The second-order valence-corrected chi connectivity index (χ2v) is 6.24. The first-order chi connectivity index (χ1) is 12.0. The van der Waals surface area contributed by atoms with Gasteiger partial charge in [-0.15, -0.1) is 5.10 Å². The van der Waals surface area contributed by atoms with E-state index in [1.54, 1.807) is 36.0 Å². The summed E-state index contributed by atoms with van der Waals surface area (Å²) in [5, 5.41) is 16.8. The van der Waals surface area contributed by atoms with Gasteiger partial charge in [-0.3, -0.25) is 19.8 Å². The van der Waals surface area contributed by atoms with Crippen molar-refractivity contribution in [3.8, 4) is 0 Å². The number of imide groups is 1. The Bertz CT molecular complexity index is 805. The summed E-state index contributed by atoms with van der Waals surface area (Å²) in [5.74, 6) is 0.0706. The number of nitrogens with one attached hydrogen (secondary N) is 2. The van der Waals surface area contributed by atoms with E-state index in [1.807, 2.05) is 0 Å². The maximum absolute atomic E-state index is 12.1. The molecule has 4 amide bonds. The van der Waals surface area contributed by atoms with Crippen LogP contribution in [-0.4, -0.2) is 56.9 Å². The van der Waals surface area contributed by atoms with Crippen LogP contribution in [0.15, 0.2) is 29.4 Å². The number of aromatic nitrogens is 4. The average Bonchev–Trinajstić information content (AvgIpc) is 3.16. The molecule has 0 spiro atoms.